The van der Waals surface area contributed by atoms with Crippen molar-refractivity contribution in [2.24, 2.45) is 5.92 Å². The number of nitrogens with one attached hydrogen (secondary N) is 1. The van der Waals surface area contributed by atoms with Gasteiger partial charge in [0, 0.05) is 42.0 Å². The van der Waals surface area contributed by atoms with Crippen molar-refractivity contribution in [3.63, 3.8) is 0 Å². The fraction of sp³-hybridized carbons (Fsp3) is 0.567. The fourth-order valence-corrected chi connectivity index (χ4v) is 6.50. The first-order valence-electron chi connectivity index (χ1n) is 13.6. The molecule has 35 heavy (non-hydrogen) atoms. The van der Waals surface area contributed by atoms with Crippen LogP contribution in [-0.2, 0) is 4.79 Å². The summed E-state index contributed by atoms with van der Waals surface area (Å²) >= 11 is 0. The van der Waals surface area contributed by atoms with E-state index in [0.717, 1.165) is 54.5 Å². The number of rotatable bonds is 5. The first kappa shape index (κ1) is 24.2. The number of piperidine rings is 1. The minimum atomic E-state index is -0.362. The van der Waals surface area contributed by atoms with Crippen molar-refractivity contribution in [1.82, 2.24) is 5.32 Å². The molecular formula is C30H41N2O3+. The highest BCUT2D eigenvalue weighted by Crippen LogP contribution is 2.45. The molecule has 0 aromatic heterocycles. The number of amides is 1. The highest BCUT2D eigenvalue weighted by atomic mass is 16.5. The molecule has 1 aliphatic carbocycles. The second-order valence-corrected chi connectivity index (χ2v) is 11.2. The molecule has 5 rings (SSSR count). The number of hydrogen-bond acceptors (Lipinski definition) is 3. The quantitative estimate of drug-likeness (QED) is 0.536. The Morgan fingerprint density at radius 2 is 1.63 bits per heavy atom. The van der Waals surface area contributed by atoms with E-state index >= 15 is 0 Å². The summed E-state index contributed by atoms with van der Waals surface area (Å²) in [6.07, 6.45) is 12.0. The number of para-hydroxylation sites is 1. The van der Waals surface area contributed by atoms with Gasteiger partial charge in [-0.25, -0.2) is 0 Å². The Balaban J connectivity index is 1.24. The average molecular weight is 478 g/mol. The van der Waals surface area contributed by atoms with Crippen molar-refractivity contribution in [1.29, 1.82) is 0 Å². The zero-order chi connectivity index (χ0) is 24.3. The van der Waals surface area contributed by atoms with E-state index in [1.54, 1.807) is 7.11 Å². The van der Waals surface area contributed by atoms with Crippen LogP contribution in [-0.4, -0.2) is 50.2 Å². The molecule has 1 N–H and O–H groups in total. The van der Waals surface area contributed by atoms with E-state index in [4.69, 9.17) is 9.47 Å². The Kier molecular flexibility index (Phi) is 7.33. The lowest BCUT2D eigenvalue weighted by Gasteiger charge is -2.43. The van der Waals surface area contributed by atoms with Crippen molar-refractivity contribution < 1.29 is 18.8 Å². The molecule has 2 aromatic carbocycles. The van der Waals surface area contributed by atoms with Crippen LogP contribution in [0.25, 0.3) is 0 Å². The summed E-state index contributed by atoms with van der Waals surface area (Å²) < 4.78 is 12.7. The fourth-order valence-electron chi connectivity index (χ4n) is 6.50. The van der Waals surface area contributed by atoms with Gasteiger partial charge in [-0.3, -0.25) is 4.79 Å². The lowest BCUT2D eigenvalue weighted by Crippen LogP contribution is -2.56. The second-order valence-electron chi connectivity index (χ2n) is 11.2. The first-order chi connectivity index (χ1) is 17.0. The monoisotopic (exact) mass is 477 g/mol. The molecule has 2 heterocycles. The van der Waals surface area contributed by atoms with Crippen molar-refractivity contribution in [2.45, 2.75) is 69.7 Å². The maximum absolute atomic E-state index is 13.7. The molecule has 2 aliphatic heterocycles. The second kappa shape index (κ2) is 10.6. The normalized spacial score (nSPS) is 26.9. The van der Waals surface area contributed by atoms with Gasteiger partial charge in [0.1, 0.15) is 17.2 Å². The van der Waals surface area contributed by atoms with E-state index in [1.165, 1.54) is 56.0 Å². The maximum atomic E-state index is 13.7. The first-order valence-corrected chi connectivity index (χ1v) is 13.6. The van der Waals surface area contributed by atoms with Crippen LogP contribution in [0.1, 0.15) is 74.8 Å². The van der Waals surface area contributed by atoms with Crippen LogP contribution in [0.2, 0.25) is 0 Å². The Bertz CT molecular complexity index is 1020. The number of nitrogens with zero attached hydrogens (tertiary/aromatic N) is 1. The van der Waals surface area contributed by atoms with Crippen LogP contribution in [0, 0.1) is 5.92 Å². The lowest BCUT2D eigenvalue weighted by atomic mass is 9.86. The molecule has 5 heteroatoms. The molecule has 188 valence electrons. The number of carbonyl (C=O) groups is 1. The topological polar surface area (TPSA) is 47.6 Å². The Hall–Kier alpha value is -2.53. The summed E-state index contributed by atoms with van der Waals surface area (Å²) in [6.45, 7) is 3.61. The average Bonchev–Trinajstić information content (AvgIpc) is 2.85. The molecule has 1 saturated heterocycles. The van der Waals surface area contributed by atoms with Crippen LogP contribution < -0.4 is 14.8 Å². The molecule has 2 aromatic rings. The van der Waals surface area contributed by atoms with Gasteiger partial charge in [-0.15, -0.1) is 0 Å². The highest BCUT2D eigenvalue weighted by Gasteiger charge is 2.37. The van der Waals surface area contributed by atoms with Crippen LogP contribution in [0.15, 0.2) is 42.5 Å². The van der Waals surface area contributed by atoms with Gasteiger partial charge in [-0.2, -0.15) is 0 Å². The standard InChI is InChI=1S/C30H40N2O3/c1-32(21-22-10-6-4-3-5-7-11-22)18-16-23(17-19-32)31-30(33)29-25-12-8-9-13-27(25)35-28-20-24(34-2)14-15-26(28)29/h8-9,12-15,20,22-23,29H,3-7,10-11,16-19,21H2,1-2H3/p+1. The zero-order valence-electron chi connectivity index (χ0n) is 21.4. The summed E-state index contributed by atoms with van der Waals surface area (Å²) in [5.74, 6) is 2.78. The summed E-state index contributed by atoms with van der Waals surface area (Å²) in [4.78, 5) is 13.7. The number of carbonyl (C=O) groups excluding carboxylic acids is 1. The van der Waals surface area contributed by atoms with Gasteiger partial charge in [-0.05, 0) is 25.0 Å². The molecule has 1 unspecified atom stereocenters. The maximum Gasteiger partial charge on any atom is 0.232 e. The van der Waals surface area contributed by atoms with Crippen molar-refractivity contribution in [3.05, 3.63) is 53.6 Å². The lowest BCUT2D eigenvalue weighted by molar-refractivity contribution is -0.917. The molecule has 0 spiro atoms. The van der Waals surface area contributed by atoms with Crippen LogP contribution >= 0.6 is 0 Å². The Morgan fingerprint density at radius 1 is 0.943 bits per heavy atom. The molecule has 1 saturated carbocycles. The van der Waals surface area contributed by atoms with E-state index in [1.807, 2.05) is 42.5 Å². The van der Waals surface area contributed by atoms with E-state index in [2.05, 4.69) is 12.4 Å². The number of hydrogen-bond donors (Lipinski definition) is 1. The highest BCUT2D eigenvalue weighted by molar-refractivity contribution is 5.90. The summed E-state index contributed by atoms with van der Waals surface area (Å²) in [7, 11) is 4.09. The van der Waals surface area contributed by atoms with E-state index in [9.17, 15) is 4.79 Å². The summed E-state index contributed by atoms with van der Waals surface area (Å²) in [6, 6.07) is 13.9. The van der Waals surface area contributed by atoms with Crippen LogP contribution in [0.5, 0.6) is 17.2 Å². The van der Waals surface area contributed by atoms with Gasteiger partial charge in [0.2, 0.25) is 5.91 Å². The Morgan fingerprint density at radius 3 is 2.37 bits per heavy atom. The SMILES string of the molecule is COc1ccc2c(c1)Oc1ccccc1C2C(=O)NC1CC[N+](C)(CC2CCCCCCC2)CC1. The smallest absolute Gasteiger partial charge is 0.232 e. The zero-order valence-corrected chi connectivity index (χ0v) is 21.4. The summed E-state index contributed by atoms with van der Waals surface area (Å²) in [5, 5.41) is 3.42. The molecule has 0 radical (unpaired) electrons. The van der Waals surface area contributed by atoms with Crippen molar-refractivity contribution in [2.75, 3.05) is 33.8 Å². The summed E-state index contributed by atoms with van der Waals surface area (Å²) in [5.41, 5.74) is 1.84. The third-order valence-corrected chi connectivity index (χ3v) is 8.55. The molecule has 5 nitrogen and oxygen atoms in total. The van der Waals surface area contributed by atoms with Crippen molar-refractivity contribution >= 4 is 5.91 Å². The third kappa shape index (κ3) is 5.50. The number of ether oxygens (including phenoxy) is 2. The molecular weight excluding hydrogens is 436 g/mol. The Labute approximate surface area is 210 Å². The van der Waals surface area contributed by atoms with Gasteiger partial charge in [-0.1, -0.05) is 56.4 Å². The van der Waals surface area contributed by atoms with Crippen molar-refractivity contribution in [3.8, 4) is 17.2 Å². The number of benzene rings is 2. The molecule has 1 amide bonds. The van der Waals surface area contributed by atoms with E-state index < -0.39 is 0 Å². The predicted octanol–water partition coefficient (Wildman–Crippen LogP) is 6.02. The van der Waals surface area contributed by atoms with Gasteiger partial charge in [0.05, 0.1) is 39.7 Å². The van der Waals surface area contributed by atoms with Gasteiger partial charge < -0.3 is 19.3 Å². The van der Waals surface area contributed by atoms with Gasteiger partial charge in [0.15, 0.2) is 0 Å². The number of fused-ring (bicyclic) bond motifs is 2. The number of likely N-dealkylation sites (tertiary alicyclic amines) is 1. The van der Waals surface area contributed by atoms with Gasteiger partial charge in [0.25, 0.3) is 0 Å². The van der Waals surface area contributed by atoms with Crippen LogP contribution in [0.4, 0.5) is 0 Å². The van der Waals surface area contributed by atoms with Crippen LogP contribution in [0.3, 0.4) is 0 Å². The molecule has 0 bridgehead atoms. The minimum Gasteiger partial charge on any atom is -0.497 e. The largest absolute Gasteiger partial charge is 0.497 e. The van der Waals surface area contributed by atoms with Gasteiger partial charge >= 0.3 is 0 Å². The predicted molar refractivity (Wildman–Crippen MR) is 139 cm³/mol. The number of methoxy groups -OCH3 is 1. The molecule has 3 aliphatic rings. The third-order valence-electron chi connectivity index (χ3n) is 8.55. The molecule has 2 fully saturated rings. The molecule has 1 atom stereocenters. The number of quaternary nitrogens is 1. The minimum absolute atomic E-state index is 0.0771. The van der Waals surface area contributed by atoms with E-state index in [-0.39, 0.29) is 17.9 Å². The van der Waals surface area contributed by atoms with E-state index in [0.29, 0.717) is 5.75 Å².